The molecule has 0 aromatic heterocycles. The highest BCUT2D eigenvalue weighted by Gasteiger charge is 2.54. The summed E-state index contributed by atoms with van der Waals surface area (Å²) in [5.74, 6) is -2.43. The van der Waals surface area contributed by atoms with E-state index >= 15 is 0 Å². The van der Waals surface area contributed by atoms with Gasteiger partial charge >= 0.3 is 27.3 Å². The first kappa shape index (κ1) is 25.7. The lowest BCUT2D eigenvalue weighted by molar-refractivity contribution is -0.165. The topological polar surface area (TPSA) is 107 Å². The highest BCUT2D eigenvalue weighted by Crippen LogP contribution is 2.44. The Morgan fingerprint density at radius 2 is 1.37 bits per heavy atom. The summed E-state index contributed by atoms with van der Waals surface area (Å²) in [6.45, 7) is 11.2. The van der Waals surface area contributed by atoms with Gasteiger partial charge in [0.05, 0.1) is 18.6 Å². The maximum atomic E-state index is 13.0. The van der Waals surface area contributed by atoms with Crippen molar-refractivity contribution in [2.45, 2.75) is 66.1 Å². The highest BCUT2D eigenvalue weighted by molar-refractivity contribution is 7.87. The number of halogens is 2. The molecular weight excluding hydrogens is 386 g/mol. The fraction of sp³-hybridized carbons (Fsp3) is 0.882. The van der Waals surface area contributed by atoms with Crippen LogP contribution in [0.3, 0.4) is 0 Å². The first-order chi connectivity index (χ1) is 12.0. The number of hydrogen-bond donors (Lipinski definition) is 1. The van der Waals surface area contributed by atoms with Gasteiger partial charge in [-0.1, -0.05) is 34.6 Å². The first-order valence-electron chi connectivity index (χ1n) is 8.66. The Labute approximate surface area is 159 Å². The molecule has 0 fully saturated rings. The minimum absolute atomic E-state index is 0.00877. The largest absolute Gasteiger partial charge is 0.465 e. The van der Waals surface area contributed by atoms with Crippen LogP contribution >= 0.6 is 0 Å². The van der Waals surface area contributed by atoms with Crippen LogP contribution in [0.4, 0.5) is 8.78 Å². The third-order valence-corrected chi connectivity index (χ3v) is 5.30. The van der Waals surface area contributed by atoms with Crippen molar-refractivity contribution in [3.05, 3.63) is 0 Å². The van der Waals surface area contributed by atoms with Crippen molar-refractivity contribution in [3.8, 4) is 0 Å². The fourth-order valence-corrected chi connectivity index (χ4v) is 2.66. The van der Waals surface area contributed by atoms with Crippen molar-refractivity contribution >= 4 is 22.1 Å². The molecule has 10 heteroatoms. The average Bonchev–Trinajstić information content (AvgIpc) is 2.46. The standard InChI is InChI=1S/C17H30F2O7S/c1-12(2)11-16(6,15(3,4)5)13(20)25-9-7-8-10-26-14(21)17(18,19)27(22,23)24/h12H,7-11H2,1-6H3,(H,22,23,24). The van der Waals surface area contributed by atoms with E-state index in [0.29, 0.717) is 6.42 Å². The normalized spacial score (nSPS) is 15.3. The third-order valence-electron chi connectivity index (χ3n) is 4.49. The molecule has 0 saturated heterocycles. The van der Waals surface area contributed by atoms with E-state index in [0.717, 1.165) is 0 Å². The van der Waals surface area contributed by atoms with E-state index in [9.17, 15) is 26.8 Å². The Morgan fingerprint density at radius 1 is 0.963 bits per heavy atom. The van der Waals surface area contributed by atoms with Crippen LogP contribution in [0.1, 0.15) is 60.8 Å². The predicted molar refractivity (Wildman–Crippen MR) is 94.7 cm³/mol. The van der Waals surface area contributed by atoms with Crippen LogP contribution < -0.4 is 0 Å². The second kappa shape index (κ2) is 9.27. The maximum absolute atomic E-state index is 13.0. The smallest absolute Gasteiger partial charge is 0.465 e. The van der Waals surface area contributed by atoms with Crippen molar-refractivity contribution in [2.24, 2.45) is 16.7 Å². The molecule has 0 bridgehead atoms. The van der Waals surface area contributed by atoms with Gasteiger partial charge in [0.2, 0.25) is 0 Å². The molecule has 1 unspecified atom stereocenters. The summed E-state index contributed by atoms with van der Waals surface area (Å²) in [4.78, 5) is 23.5. The van der Waals surface area contributed by atoms with Gasteiger partial charge in [-0.2, -0.15) is 17.2 Å². The molecule has 0 aliphatic rings. The number of esters is 2. The lowest BCUT2D eigenvalue weighted by Crippen LogP contribution is -2.42. The zero-order chi connectivity index (χ0) is 21.7. The monoisotopic (exact) mass is 416 g/mol. The van der Waals surface area contributed by atoms with Gasteiger partial charge in [-0.3, -0.25) is 9.35 Å². The van der Waals surface area contributed by atoms with E-state index in [1.165, 1.54) is 0 Å². The minimum Gasteiger partial charge on any atom is -0.465 e. The molecule has 0 rings (SSSR count). The highest BCUT2D eigenvalue weighted by atomic mass is 32.2. The number of hydrogen-bond acceptors (Lipinski definition) is 6. The average molecular weight is 416 g/mol. The van der Waals surface area contributed by atoms with Crippen LogP contribution in [0.25, 0.3) is 0 Å². The van der Waals surface area contributed by atoms with Crippen LogP contribution in [-0.2, 0) is 29.2 Å². The van der Waals surface area contributed by atoms with Crippen LogP contribution in [0.15, 0.2) is 0 Å². The van der Waals surface area contributed by atoms with E-state index in [2.05, 4.69) is 4.74 Å². The fourth-order valence-electron chi connectivity index (χ4n) is 2.39. The van der Waals surface area contributed by atoms with E-state index in [-0.39, 0.29) is 36.8 Å². The van der Waals surface area contributed by atoms with Gasteiger partial charge < -0.3 is 9.47 Å². The lowest BCUT2D eigenvalue weighted by Gasteiger charge is -2.40. The van der Waals surface area contributed by atoms with E-state index in [4.69, 9.17) is 9.29 Å². The van der Waals surface area contributed by atoms with Crippen LogP contribution in [0, 0.1) is 16.7 Å². The second-order valence-corrected chi connectivity index (χ2v) is 9.61. The van der Waals surface area contributed by atoms with Crippen molar-refractivity contribution in [3.63, 3.8) is 0 Å². The molecule has 0 aromatic rings. The summed E-state index contributed by atoms with van der Waals surface area (Å²) in [6, 6.07) is 0. The number of carbonyl (C=O) groups excluding carboxylic acids is 2. The van der Waals surface area contributed by atoms with Gasteiger partial charge in [0, 0.05) is 0 Å². The molecule has 7 nitrogen and oxygen atoms in total. The molecule has 0 aliphatic heterocycles. The van der Waals surface area contributed by atoms with Gasteiger partial charge in [-0.05, 0) is 37.5 Å². The molecule has 0 amide bonds. The Bertz CT molecular complexity index is 624. The molecule has 0 heterocycles. The van der Waals surface area contributed by atoms with Gasteiger partial charge in [-0.15, -0.1) is 0 Å². The maximum Gasteiger partial charge on any atom is 0.465 e. The summed E-state index contributed by atoms with van der Waals surface area (Å²) >= 11 is 0. The predicted octanol–water partition coefficient (Wildman–Crippen LogP) is 3.43. The number of ether oxygens (including phenoxy) is 2. The van der Waals surface area contributed by atoms with Crippen molar-refractivity contribution in [2.75, 3.05) is 13.2 Å². The molecule has 27 heavy (non-hydrogen) atoms. The minimum atomic E-state index is -5.88. The Kier molecular flexibility index (Phi) is 8.83. The summed E-state index contributed by atoms with van der Waals surface area (Å²) in [6.07, 6.45) is 0.951. The number of alkyl halides is 2. The molecule has 160 valence electrons. The van der Waals surface area contributed by atoms with Crippen LogP contribution in [-0.4, -0.2) is 43.4 Å². The van der Waals surface area contributed by atoms with Gasteiger partial charge in [-0.25, -0.2) is 4.79 Å². The molecule has 0 saturated carbocycles. The number of carbonyl (C=O) groups is 2. The van der Waals surface area contributed by atoms with Crippen molar-refractivity contribution in [1.29, 1.82) is 0 Å². The molecule has 1 N–H and O–H groups in total. The van der Waals surface area contributed by atoms with Gasteiger partial charge in [0.1, 0.15) is 0 Å². The summed E-state index contributed by atoms with van der Waals surface area (Å²) in [5, 5.41) is -5.01. The zero-order valence-electron chi connectivity index (χ0n) is 16.7. The molecule has 0 aliphatic carbocycles. The quantitative estimate of drug-likeness (QED) is 0.330. The third kappa shape index (κ3) is 6.99. The molecular formula is C17H30F2O7S. The zero-order valence-corrected chi connectivity index (χ0v) is 17.5. The summed E-state index contributed by atoms with van der Waals surface area (Å²) in [7, 11) is -5.88. The van der Waals surface area contributed by atoms with E-state index in [1.54, 1.807) is 0 Å². The molecule has 1 atom stereocenters. The number of unbranched alkanes of at least 4 members (excludes halogenated alkanes) is 1. The summed E-state index contributed by atoms with van der Waals surface area (Å²) in [5.41, 5.74) is -1.03. The Hall–Kier alpha value is -1.29. The van der Waals surface area contributed by atoms with Crippen LogP contribution in [0.2, 0.25) is 0 Å². The van der Waals surface area contributed by atoms with Gasteiger partial charge in [0.15, 0.2) is 0 Å². The molecule has 0 radical (unpaired) electrons. The van der Waals surface area contributed by atoms with E-state index in [1.807, 2.05) is 41.5 Å². The van der Waals surface area contributed by atoms with Crippen LogP contribution in [0.5, 0.6) is 0 Å². The SMILES string of the molecule is CC(C)CC(C)(C(=O)OCCCCOC(=O)C(F)(F)S(=O)(=O)O)C(C)(C)C. The Balaban J connectivity index is 4.46. The summed E-state index contributed by atoms with van der Waals surface area (Å²) < 4.78 is 64.5. The van der Waals surface area contributed by atoms with E-state index < -0.39 is 33.4 Å². The first-order valence-corrected chi connectivity index (χ1v) is 10.1. The lowest BCUT2D eigenvalue weighted by atomic mass is 9.64. The molecule has 0 aromatic carbocycles. The van der Waals surface area contributed by atoms with Gasteiger partial charge in [0.25, 0.3) is 0 Å². The molecule has 0 spiro atoms. The Morgan fingerprint density at radius 3 is 1.70 bits per heavy atom. The van der Waals surface area contributed by atoms with Crippen molar-refractivity contribution in [1.82, 2.24) is 0 Å². The second-order valence-electron chi connectivity index (χ2n) is 8.15. The number of rotatable bonds is 10. The van der Waals surface area contributed by atoms with Crippen molar-refractivity contribution < 1.29 is 40.8 Å².